The lowest BCUT2D eigenvalue weighted by molar-refractivity contribution is 0.0859. The molecule has 2 nitrogen and oxygen atoms in total. The molecule has 0 amide bonds. The third kappa shape index (κ3) is 2.71. The maximum atomic E-state index is 3.75. The van der Waals surface area contributed by atoms with Crippen molar-refractivity contribution in [1.29, 1.82) is 0 Å². The van der Waals surface area contributed by atoms with E-state index in [2.05, 4.69) is 51.9 Å². The molecule has 2 aliphatic rings. The first-order valence-electron chi connectivity index (χ1n) is 8.27. The Morgan fingerprint density at radius 3 is 2.37 bits per heavy atom. The van der Waals surface area contributed by atoms with Crippen molar-refractivity contribution >= 4 is 0 Å². The van der Waals surface area contributed by atoms with Gasteiger partial charge in [-0.3, -0.25) is 4.90 Å². The lowest BCUT2D eigenvalue weighted by Crippen LogP contribution is -2.49. The van der Waals surface area contributed by atoms with E-state index >= 15 is 0 Å². The second kappa shape index (κ2) is 5.37. The van der Waals surface area contributed by atoms with Crippen LogP contribution in [0.4, 0.5) is 0 Å². The summed E-state index contributed by atoms with van der Waals surface area (Å²) in [7, 11) is 2.36. The highest BCUT2D eigenvalue weighted by Gasteiger charge is 2.44. The van der Waals surface area contributed by atoms with E-state index in [1.165, 1.54) is 38.6 Å². The van der Waals surface area contributed by atoms with E-state index < -0.39 is 0 Å². The Morgan fingerprint density at radius 2 is 1.89 bits per heavy atom. The topological polar surface area (TPSA) is 15.3 Å². The van der Waals surface area contributed by atoms with E-state index in [1.807, 2.05) is 0 Å². The molecule has 2 rings (SSSR count). The average molecular weight is 266 g/mol. The number of hydrogen-bond donors (Lipinski definition) is 1. The van der Waals surface area contributed by atoms with E-state index in [9.17, 15) is 0 Å². The Labute approximate surface area is 120 Å². The summed E-state index contributed by atoms with van der Waals surface area (Å²) in [6.07, 6.45) is 6.80. The molecule has 0 aromatic heterocycles. The molecular weight excluding hydrogens is 232 g/mol. The van der Waals surface area contributed by atoms with Gasteiger partial charge in [0.1, 0.15) is 0 Å². The first-order chi connectivity index (χ1) is 8.79. The summed E-state index contributed by atoms with van der Waals surface area (Å²) in [6, 6.07) is 0.779. The number of nitrogens with zero attached hydrogens (tertiary/aromatic N) is 1. The van der Waals surface area contributed by atoms with Crippen LogP contribution in [0.15, 0.2) is 0 Å². The highest BCUT2D eigenvalue weighted by molar-refractivity contribution is 5.01. The first-order valence-corrected chi connectivity index (χ1v) is 8.27. The fourth-order valence-electron chi connectivity index (χ4n) is 4.22. The molecule has 2 heteroatoms. The average Bonchev–Trinajstić information content (AvgIpc) is 2.90. The molecule has 1 N–H and O–H groups in total. The predicted octanol–water partition coefficient (Wildman–Crippen LogP) is 3.66. The second-order valence-corrected chi connectivity index (χ2v) is 7.90. The Bertz CT molecular complexity index is 306. The first kappa shape index (κ1) is 15.3. The number of hydrogen-bond acceptors (Lipinski definition) is 2. The molecule has 4 unspecified atom stereocenters. The minimum absolute atomic E-state index is 0.387. The van der Waals surface area contributed by atoms with Crippen molar-refractivity contribution in [3.05, 3.63) is 0 Å². The molecule has 0 saturated carbocycles. The van der Waals surface area contributed by atoms with Gasteiger partial charge in [-0.1, -0.05) is 20.8 Å². The van der Waals surface area contributed by atoms with Crippen molar-refractivity contribution in [2.24, 2.45) is 11.8 Å². The highest BCUT2D eigenvalue weighted by atomic mass is 15.2. The highest BCUT2D eigenvalue weighted by Crippen LogP contribution is 2.41. The van der Waals surface area contributed by atoms with Crippen molar-refractivity contribution in [2.75, 3.05) is 13.6 Å². The summed E-state index contributed by atoms with van der Waals surface area (Å²) < 4.78 is 0. The Balaban J connectivity index is 1.97. The van der Waals surface area contributed by atoms with E-state index in [0.717, 1.165) is 17.9 Å². The van der Waals surface area contributed by atoms with Crippen LogP contribution >= 0.6 is 0 Å². The lowest BCUT2D eigenvalue weighted by Gasteiger charge is -2.41. The minimum atomic E-state index is 0.387. The van der Waals surface area contributed by atoms with Crippen LogP contribution in [-0.2, 0) is 0 Å². The van der Waals surface area contributed by atoms with Crippen molar-refractivity contribution in [3.63, 3.8) is 0 Å². The van der Waals surface area contributed by atoms with Crippen molar-refractivity contribution < 1.29 is 0 Å². The maximum absolute atomic E-state index is 3.75. The number of likely N-dealkylation sites (tertiary alicyclic amines) is 1. The molecule has 0 aromatic carbocycles. The summed E-state index contributed by atoms with van der Waals surface area (Å²) in [5.74, 6) is 1.52. The Kier molecular flexibility index (Phi) is 4.32. The van der Waals surface area contributed by atoms with Crippen LogP contribution in [0.25, 0.3) is 0 Å². The molecule has 0 bridgehead atoms. The van der Waals surface area contributed by atoms with Gasteiger partial charge in [0.2, 0.25) is 0 Å². The van der Waals surface area contributed by atoms with Crippen LogP contribution in [-0.4, -0.2) is 35.6 Å². The molecule has 0 radical (unpaired) electrons. The standard InChI is InChI=1S/C17H34N2/c1-13(2)17(5)10-8-15(19(17)6)12-14(3)16(4)9-7-11-18-16/h13-15,18H,7-12H2,1-6H3. The number of nitrogens with one attached hydrogen (secondary N) is 1. The predicted molar refractivity (Wildman–Crippen MR) is 83.5 cm³/mol. The van der Waals surface area contributed by atoms with Gasteiger partial charge in [0.05, 0.1) is 0 Å². The molecule has 2 heterocycles. The van der Waals surface area contributed by atoms with E-state index in [1.54, 1.807) is 0 Å². The van der Waals surface area contributed by atoms with Crippen molar-refractivity contribution in [2.45, 2.75) is 83.8 Å². The van der Waals surface area contributed by atoms with Gasteiger partial charge in [-0.15, -0.1) is 0 Å². The van der Waals surface area contributed by atoms with Crippen LogP contribution in [0.3, 0.4) is 0 Å². The van der Waals surface area contributed by atoms with Crippen LogP contribution in [0.5, 0.6) is 0 Å². The van der Waals surface area contributed by atoms with Gasteiger partial charge in [0.25, 0.3) is 0 Å². The van der Waals surface area contributed by atoms with Crippen LogP contribution in [0, 0.1) is 11.8 Å². The molecule has 4 atom stereocenters. The van der Waals surface area contributed by atoms with Gasteiger partial charge in [-0.05, 0) is 71.4 Å². The van der Waals surface area contributed by atoms with E-state index in [0.29, 0.717) is 11.1 Å². The molecule has 0 aliphatic carbocycles. The summed E-state index contributed by atoms with van der Waals surface area (Å²) in [6.45, 7) is 13.3. The summed E-state index contributed by atoms with van der Waals surface area (Å²) in [5.41, 5.74) is 0.798. The van der Waals surface area contributed by atoms with Gasteiger partial charge in [0.15, 0.2) is 0 Å². The quantitative estimate of drug-likeness (QED) is 0.835. The lowest BCUT2D eigenvalue weighted by atomic mass is 9.81. The fourth-order valence-corrected chi connectivity index (χ4v) is 4.22. The monoisotopic (exact) mass is 266 g/mol. The number of rotatable bonds is 4. The van der Waals surface area contributed by atoms with Gasteiger partial charge in [-0.25, -0.2) is 0 Å². The normalized spacial score (nSPS) is 42.2. The Morgan fingerprint density at radius 1 is 1.21 bits per heavy atom. The zero-order valence-corrected chi connectivity index (χ0v) is 13.9. The van der Waals surface area contributed by atoms with Crippen molar-refractivity contribution in [1.82, 2.24) is 10.2 Å². The maximum Gasteiger partial charge on any atom is 0.0204 e. The van der Waals surface area contributed by atoms with Crippen molar-refractivity contribution in [3.8, 4) is 0 Å². The molecule has 2 aliphatic heterocycles. The molecule has 19 heavy (non-hydrogen) atoms. The SMILES string of the molecule is CC(CC1CCC(C)(C(C)C)N1C)C1(C)CCCN1. The van der Waals surface area contributed by atoms with Gasteiger partial charge in [0, 0.05) is 17.1 Å². The second-order valence-electron chi connectivity index (χ2n) is 7.90. The fraction of sp³-hybridized carbons (Fsp3) is 1.00. The zero-order valence-electron chi connectivity index (χ0n) is 13.9. The van der Waals surface area contributed by atoms with Gasteiger partial charge in [-0.2, -0.15) is 0 Å². The summed E-state index contributed by atoms with van der Waals surface area (Å²) in [4.78, 5) is 2.69. The zero-order chi connectivity index (χ0) is 14.3. The smallest absolute Gasteiger partial charge is 0.0204 e. The summed E-state index contributed by atoms with van der Waals surface area (Å²) in [5, 5.41) is 3.75. The third-order valence-electron chi connectivity index (χ3n) is 6.70. The van der Waals surface area contributed by atoms with Gasteiger partial charge < -0.3 is 5.32 Å². The van der Waals surface area contributed by atoms with Crippen LogP contribution in [0.1, 0.15) is 66.7 Å². The Hall–Kier alpha value is -0.0800. The molecule has 2 fully saturated rings. The third-order valence-corrected chi connectivity index (χ3v) is 6.70. The molecular formula is C17H34N2. The molecule has 2 saturated heterocycles. The van der Waals surface area contributed by atoms with Gasteiger partial charge >= 0.3 is 0 Å². The van der Waals surface area contributed by atoms with E-state index in [4.69, 9.17) is 0 Å². The molecule has 0 aromatic rings. The summed E-state index contributed by atoms with van der Waals surface area (Å²) >= 11 is 0. The van der Waals surface area contributed by atoms with Crippen LogP contribution in [0.2, 0.25) is 0 Å². The van der Waals surface area contributed by atoms with E-state index in [-0.39, 0.29) is 0 Å². The molecule has 0 spiro atoms. The minimum Gasteiger partial charge on any atom is -0.311 e. The largest absolute Gasteiger partial charge is 0.311 e. The molecule has 112 valence electrons. The van der Waals surface area contributed by atoms with Crippen LogP contribution < -0.4 is 5.32 Å².